The molecule has 2 heterocycles. The fourth-order valence-corrected chi connectivity index (χ4v) is 3.65. The molecule has 1 atom stereocenters. The number of nitrogens with zero attached hydrogens (tertiary/aromatic N) is 2. The van der Waals surface area contributed by atoms with Crippen molar-refractivity contribution in [2.75, 3.05) is 13.1 Å². The Labute approximate surface area is 139 Å². The number of oxazole rings is 1. The molecule has 1 spiro atoms. The number of piperidine rings is 1. The van der Waals surface area contributed by atoms with Gasteiger partial charge in [0.15, 0.2) is 5.69 Å². The van der Waals surface area contributed by atoms with Gasteiger partial charge in [0.25, 0.3) is 5.91 Å². The zero-order chi connectivity index (χ0) is 16.7. The van der Waals surface area contributed by atoms with Crippen molar-refractivity contribution in [2.45, 2.75) is 19.3 Å². The van der Waals surface area contributed by atoms with Crippen molar-refractivity contribution in [3.8, 4) is 11.5 Å². The number of likely N-dealkylation sites (tertiary alicyclic amines) is 1. The normalized spacial score (nSPS) is 21.7. The van der Waals surface area contributed by atoms with Crippen molar-refractivity contribution in [1.29, 1.82) is 0 Å². The van der Waals surface area contributed by atoms with Gasteiger partial charge in [-0.25, -0.2) is 4.98 Å². The Bertz CT molecular complexity index is 775. The Hall–Kier alpha value is -2.63. The van der Waals surface area contributed by atoms with Crippen LogP contribution < -0.4 is 0 Å². The van der Waals surface area contributed by atoms with Crippen LogP contribution in [0, 0.1) is 11.3 Å². The van der Waals surface area contributed by atoms with Crippen molar-refractivity contribution < 1.29 is 19.1 Å². The summed E-state index contributed by atoms with van der Waals surface area (Å²) in [6.07, 6.45) is 3.64. The maximum absolute atomic E-state index is 12.6. The van der Waals surface area contributed by atoms with E-state index in [0.717, 1.165) is 24.8 Å². The molecule has 4 rings (SSSR count). The minimum absolute atomic E-state index is 0.0817. The van der Waals surface area contributed by atoms with Crippen LogP contribution in [0.1, 0.15) is 29.8 Å². The molecule has 24 heavy (non-hydrogen) atoms. The van der Waals surface area contributed by atoms with Crippen molar-refractivity contribution >= 4 is 11.9 Å². The van der Waals surface area contributed by atoms with Gasteiger partial charge in [-0.05, 0) is 36.8 Å². The maximum Gasteiger partial charge on any atom is 0.307 e. The summed E-state index contributed by atoms with van der Waals surface area (Å²) in [5.41, 5.74) is 1.05. The largest absolute Gasteiger partial charge is 0.481 e. The first-order valence-electron chi connectivity index (χ1n) is 8.12. The lowest BCUT2D eigenvalue weighted by atomic mass is 9.90. The SMILES string of the molecule is O=C(O)C1CC12CCN(C(=O)c1coc(-c3ccccc3)n1)CC2. The van der Waals surface area contributed by atoms with Gasteiger partial charge in [0.2, 0.25) is 5.89 Å². The van der Waals surface area contributed by atoms with Crippen molar-refractivity contribution in [2.24, 2.45) is 11.3 Å². The van der Waals surface area contributed by atoms with E-state index in [2.05, 4.69) is 4.98 Å². The molecule has 1 saturated carbocycles. The molecular weight excluding hydrogens is 308 g/mol. The molecule has 2 fully saturated rings. The zero-order valence-electron chi connectivity index (χ0n) is 13.1. The van der Waals surface area contributed by atoms with Gasteiger partial charge in [0, 0.05) is 18.7 Å². The van der Waals surface area contributed by atoms with Crippen molar-refractivity contribution in [3.63, 3.8) is 0 Å². The van der Waals surface area contributed by atoms with E-state index in [1.807, 2.05) is 30.3 Å². The molecule has 2 aliphatic rings. The standard InChI is InChI=1S/C18H18N2O4/c21-16(14-11-24-15(19-14)12-4-2-1-3-5-12)20-8-6-18(7-9-20)10-13(18)17(22)23/h1-5,11,13H,6-10H2,(H,22,23). The highest BCUT2D eigenvalue weighted by Gasteiger charge is 2.59. The second kappa shape index (κ2) is 5.47. The van der Waals surface area contributed by atoms with E-state index < -0.39 is 5.97 Å². The van der Waals surface area contributed by atoms with Crippen LogP contribution in [-0.2, 0) is 4.79 Å². The molecule has 2 aromatic rings. The number of carboxylic acid groups (broad SMARTS) is 1. The molecule has 1 aliphatic carbocycles. The average Bonchev–Trinajstić information content (AvgIpc) is 3.09. The summed E-state index contributed by atoms with van der Waals surface area (Å²) in [6, 6.07) is 9.44. The Morgan fingerprint density at radius 3 is 2.54 bits per heavy atom. The van der Waals surface area contributed by atoms with Crippen LogP contribution in [0.4, 0.5) is 0 Å². The van der Waals surface area contributed by atoms with Crippen LogP contribution >= 0.6 is 0 Å². The molecular formula is C18H18N2O4. The summed E-state index contributed by atoms with van der Waals surface area (Å²) in [6.45, 7) is 1.16. The fraction of sp³-hybridized carbons (Fsp3) is 0.389. The summed E-state index contributed by atoms with van der Waals surface area (Å²) >= 11 is 0. The molecule has 1 unspecified atom stereocenters. The van der Waals surface area contributed by atoms with Gasteiger partial charge in [-0.1, -0.05) is 18.2 Å². The second-order valence-electron chi connectivity index (χ2n) is 6.65. The van der Waals surface area contributed by atoms with Crippen LogP contribution in [0.25, 0.3) is 11.5 Å². The smallest absolute Gasteiger partial charge is 0.307 e. The van der Waals surface area contributed by atoms with Crippen LogP contribution in [0.5, 0.6) is 0 Å². The number of aromatic nitrogens is 1. The summed E-state index contributed by atoms with van der Waals surface area (Å²) in [5.74, 6) is -0.658. The molecule has 6 heteroatoms. The number of amides is 1. The maximum atomic E-state index is 12.6. The summed E-state index contributed by atoms with van der Waals surface area (Å²) in [4.78, 5) is 29.7. The Morgan fingerprint density at radius 1 is 1.21 bits per heavy atom. The number of carbonyl (C=O) groups is 2. The minimum atomic E-state index is -0.709. The third kappa shape index (κ3) is 2.48. The van der Waals surface area contributed by atoms with Gasteiger partial charge in [-0.2, -0.15) is 0 Å². The van der Waals surface area contributed by atoms with Gasteiger partial charge in [0.05, 0.1) is 5.92 Å². The summed E-state index contributed by atoms with van der Waals surface area (Å²) in [5, 5.41) is 9.13. The Balaban J connectivity index is 1.43. The number of benzene rings is 1. The van der Waals surface area contributed by atoms with E-state index in [9.17, 15) is 9.59 Å². The molecule has 6 nitrogen and oxygen atoms in total. The molecule has 0 bridgehead atoms. The molecule has 1 saturated heterocycles. The third-order valence-electron chi connectivity index (χ3n) is 5.28. The topological polar surface area (TPSA) is 83.6 Å². The molecule has 0 radical (unpaired) electrons. The molecule has 1 N–H and O–H groups in total. The van der Waals surface area contributed by atoms with Crippen LogP contribution in [0.15, 0.2) is 41.0 Å². The average molecular weight is 326 g/mol. The first-order chi connectivity index (χ1) is 11.6. The van der Waals surface area contributed by atoms with E-state index in [4.69, 9.17) is 9.52 Å². The van der Waals surface area contributed by atoms with Gasteiger partial charge in [0.1, 0.15) is 6.26 Å². The number of carbonyl (C=O) groups excluding carboxylic acids is 1. The van der Waals surface area contributed by atoms with E-state index in [0.29, 0.717) is 24.7 Å². The second-order valence-corrected chi connectivity index (χ2v) is 6.65. The monoisotopic (exact) mass is 326 g/mol. The van der Waals surface area contributed by atoms with Crippen LogP contribution in [-0.4, -0.2) is 40.0 Å². The van der Waals surface area contributed by atoms with E-state index >= 15 is 0 Å². The van der Waals surface area contributed by atoms with Crippen LogP contribution in [0.3, 0.4) is 0 Å². The molecule has 1 aliphatic heterocycles. The number of aliphatic carboxylic acids is 1. The van der Waals surface area contributed by atoms with Crippen molar-refractivity contribution in [3.05, 3.63) is 42.3 Å². The highest BCUT2D eigenvalue weighted by molar-refractivity contribution is 5.92. The molecule has 1 aromatic heterocycles. The van der Waals surface area contributed by atoms with Crippen LogP contribution in [0.2, 0.25) is 0 Å². The van der Waals surface area contributed by atoms with E-state index in [-0.39, 0.29) is 17.2 Å². The first-order valence-corrected chi connectivity index (χ1v) is 8.12. The highest BCUT2D eigenvalue weighted by Crippen LogP contribution is 2.59. The Morgan fingerprint density at radius 2 is 1.92 bits per heavy atom. The fourth-order valence-electron chi connectivity index (χ4n) is 3.65. The van der Waals surface area contributed by atoms with Gasteiger partial charge >= 0.3 is 5.97 Å². The number of hydrogen-bond acceptors (Lipinski definition) is 4. The number of rotatable bonds is 3. The lowest BCUT2D eigenvalue weighted by molar-refractivity contribution is -0.139. The van der Waals surface area contributed by atoms with E-state index in [1.54, 1.807) is 4.90 Å². The van der Waals surface area contributed by atoms with Gasteiger partial charge in [-0.15, -0.1) is 0 Å². The molecule has 1 aromatic carbocycles. The lowest BCUT2D eigenvalue weighted by Crippen LogP contribution is -2.40. The quantitative estimate of drug-likeness (QED) is 0.937. The summed E-state index contributed by atoms with van der Waals surface area (Å²) < 4.78 is 5.43. The van der Waals surface area contributed by atoms with Gasteiger partial charge < -0.3 is 14.4 Å². The van der Waals surface area contributed by atoms with Crippen molar-refractivity contribution in [1.82, 2.24) is 9.88 Å². The molecule has 124 valence electrons. The summed E-state index contributed by atoms with van der Waals surface area (Å²) in [7, 11) is 0. The Kier molecular flexibility index (Phi) is 3.40. The predicted molar refractivity (Wildman–Crippen MR) is 85.3 cm³/mol. The third-order valence-corrected chi connectivity index (χ3v) is 5.28. The number of hydrogen-bond donors (Lipinski definition) is 1. The zero-order valence-corrected chi connectivity index (χ0v) is 13.1. The number of carboxylic acids is 1. The first kappa shape index (κ1) is 14.9. The lowest BCUT2D eigenvalue weighted by Gasteiger charge is -2.32. The van der Waals surface area contributed by atoms with E-state index in [1.165, 1.54) is 6.26 Å². The highest BCUT2D eigenvalue weighted by atomic mass is 16.4. The predicted octanol–water partition coefficient (Wildman–Crippen LogP) is 2.67. The van der Waals surface area contributed by atoms with Gasteiger partial charge in [-0.3, -0.25) is 9.59 Å². The minimum Gasteiger partial charge on any atom is -0.481 e. The molecule has 1 amide bonds.